The summed E-state index contributed by atoms with van der Waals surface area (Å²) in [6.45, 7) is 0. The van der Waals surface area contributed by atoms with Gasteiger partial charge in [-0.25, -0.2) is 0 Å². The number of benzene rings is 12. The van der Waals surface area contributed by atoms with Gasteiger partial charge in [-0.2, -0.15) is 0 Å². The lowest BCUT2D eigenvalue weighted by molar-refractivity contribution is 0.670. The first-order valence-corrected chi connectivity index (χ1v) is 26.2. The Morgan fingerprint density at radius 3 is 1.58 bits per heavy atom. The minimum atomic E-state index is -0.468. The Bertz CT molecular complexity index is 4580. The third kappa shape index (κ3) is 6.05. The minimum absolute atomic E-state index is 0.468. The molecule has 0 unspecified atom stereocenters. The Morgan fingerprint density at radius 2 is 0.842 bits per heavy atom. The first-order valence-electron chi connectivity index (χ1n) is 26.2. The predicted octanol–water partition coefficient (Wildman–Crippen LogP) is 19.5. The number of hydrogen-bond donors (Lipinski definition) is 0. The zero-order chi connectivity index (χ0) is 49.9. The summed E-state index contributed by atoms with van der Waals surface area (Å²) in [5, 5.41) is 4.72. The standard InChI is InChI=1S/C73H46N2O/c1-3-18-48(19-4-1)55-27-15-28-58-61-46-50(40-45-69(61)76-72(55)58)47-36-41-52(42-37-47)74(53-43-38-49(39-44-53)54-26-16-34-67-70(54)60-25-10-14-33-66(60)75(67)51-20-5-2-6-21-51)68-35-17-32-65-71(68)59-24-9-13-31-64(59)73(65)62-29-11-7-22-56(62)57-23-8-12-30-63(57)73/h1-46H. The number of anilines is 3. The van der Waals surface area contributed by atoms with E-state index in [0.29, 0.717) is 0 Å². The van der Waals surface area contributed by atoms with Gasteiger partial charge in [0, 0.05) is 49.7 Å². The predicted molar refractivity (Wildman–Crippen MR) is 315 cm³/mol. The second kappa shape index (κ2) is 16.5. The lowest BCUT2D eigenvalue weighted by atomic mass is 9.70. The van der Waals surface area contributed by atoms with Crippen LogP contribution >= 0.6 is 0 Å². The van der Waals surface area contributed by atoms with E-state index in [1.807, 2.05) is 0 Å². The van der Waals surface area contributed by atoms with Gasteiger partial charge < -0.3 is 13.9 Å². The fraction of sp³-hybridized carbons (Fsp3) is 0.0137. The van der Waals surface area contributed by atoms with Gasteiger partial charge in [0.2, 0.25) is 0 Å². The molecule has 2 aliphatic rings. The number of rotatable bonds is 7. The van der Waals surface area contributed by atoms with Crippen molar-refractivity contribution in [3.63, 3.8) is 0 Å². The van der Waals surface area contributed by atoms with Gasteiger partial charge in [0.1, 0.15) is 11.2 Å². The number of furan rings is 1. The third-order valence-electron chi connectivity index (χ3n) is 16.4. The Morgan fingerprint density at radius 1 is 0.329 bits per heavy atom. The molecule has 0 atom stereocenters. The molecule has 0 radical (unpaired) electrons. The lowest BCUT2D eigenvalue weighted by Crippen LogP contribution is -2.26. The number of aromatic nitrogens is 1. The van der Waals surface area contributed by atoms with Gasteiger partial charge in [-0.3, -0.25) is 0 Å². The van der Waals surface area contributed by atoms with E-state index in [1.165, 1.54) is 77.4 Å². The highest BCUT2D eigenvalue weighted by Crippen LogP contribution is 2.64. The van der Waals surface area contributed by atoms with Gasteiger partial charge in [0.05, 0.1) is 22.1 Å². The molecule has 354 valence electrons. The first-order chi connectivity index (χ1) is 37.7. The average Bonchev–Trinajstić information content (AvgIpc) is 4.25. The molecule has 12 aromatic carbocycles. The summed E-state index contributed by atoms with van der Waals surface area (Å²) < 4.78 is 9.00. The topological polar surface area (TPSA) is 21.3 Å². The van der Waals surface area contributed by atoms with Gasteiger partial charge in [-0.05, 0) is 133 Å². The van der Waals surface area contributed by atoms with Crippen molar-refractivity contribution >= 4 is 60.8 Å². The molecule has 76 heavy (non-hydrogen) atoms. The summed E-state index contributed by atoms with van der Waals surface area (Å²) >= 11 is 0. The SMILES string of the molecule is c1ccc(-c2cccc3c2oc2ccc(-c4ccc(N(c5ccc(-c6cccc7c6c6ccccc6n7-c6ccccc6)cc5)c5cccc6c5-c5ccccc5C65c6ccccc6-c6ccccc65)cc4)cc23)cc1. The molecule has 14 aromatic rings. The van der Waals surface area contributed by atoms with E-state index in [0.717, 1.165) is 66.9 Å². The average molecular weight is 967 g/mol. The third-order valence-corrected chi connectivity index (χ3v) is 16.4. The normalized spacial score (nSPS) is 12.8. The summed E-state index contributed by atoms with van der Waals surface area (Å²) in [6, 6.07) is 102. The second-order valence-corrected chi connectivity index (χ2v) is 20.3. The van der Waals surface area contributed by atoms with E-state index in [-0.39, 0.29) is 0 Å². The summed E-state index contributed by atoms with van der Waals surface area (Å²) in [6.07, 6.45) is 0. The second-order valence-electron chi connectivity index (χ2n) is 20.3. The van der Waals surface area contributed by atoms with E-state index in [1.54, 1.807) is 0 Å². The van der Waals surface area contributed by atoms with Crippen LogP contribution in [0.3, 0.4) is 0 Å². The van der Waals surface area contributed by atoms with Crippen molar-refractivity contribution in [2.45, 2.75) is 5.41 Å². The van der Waals surface area contributed by atoms with Gasteiger partial charge in [-0.1, -0.05) is 212 Å². The zero-order valence-corrected chi connectivity index (χ0v) is 41.4. The molecule has 0 N–H and O–H groups in total. The van der Waals surface area contributed by atoms with E-state index in [2.05, 4.69) is 289 Å². The molecule has 2 heterocycles. The van der Waals surface area contributed by atoms with Crippen molar-refractivity contribution in [2.24, 2.45) is 0 Å². The van der Waals surface area contributed by atoms with Crippen LogP contribution in [0.15, 0.2) is 283 Å². The zero-order valence-electron chi connectivity index (χ0n) is 41.4. The van der Waals surface area contributed by atoms with Crippen LogP contribution in [0, 0.1) is 0 Å². The van der Waals surface area contributed by atoms with Crippen molar-refractivity contribution in [3.8, 4) is 61.3 Å². The quantitative estimate of drug-likeness (QED) is 0.159. The smallest absolute Gasteiger partial charge is 0.143 e. The number of nitrogens with zero attached hydrogens (tertiary/aromatic N) is 2. The monoisotopic (exact) mass is 966 g/mol. The van der Waals surface area contributed by atoms with Crippen molar-refractivity contribution in [1.82, 2.24) is 4.57 Å². The molecular formula is C73H46N2O. The molecule has 3 nitrogen and oxygen atoms in total. The van der Waals surface area contributed by atoms with Crippen LogP contribution in [-0.2, 0) is 5.41 Å². The molecule has 0 saturated heterocycles. The largest absolute Gasteiger partial charge is 0.455 e. The Labute approximate surface area is 440 Å². The van der Waals surface area contributed by atoms with Crippen molar-refractivity contribution in [1.29, 1.82) is 0 Å². The van der Waals surface area contributed by atoms with Crippen LogP contribution in [0.2, 0.25) is 0 Å². The molecule has 2 aromatic heterocycles. The molecule has 0 aliphatic heterocycles. The fourth-order valence-corrected chi connectivity index (χ4v) is 13.3. The van der Waals surface area contributed by atoms with Gasteiger partial charge in [-0.15, -0.1) is 0 Å². The Balaban J connectivity index is 0.871. The molecular weight excluding hydrogens is 921 g/mol. The fourth-order valence-electron chi connectivity index (χ4n) is 13.3. The highest BCUT2D eigenvalue weighted by Gasteiger charge is 2.52. The number of fused-ring (bicyclic) bond motifs is 16. The van der Waals surface area contributed by atoms with E-state index < -0.39 is 5.41 Å². The molecule has 0 saturated carbocycles. The molecule has 0 bridgehead atoms. The van der Waals surface area contributed by atoms with E-state index in [4.69, 9.17) is 4.42 Å². The van der Waals surface area contributed by atoms with E-state index >= 15 is 0 Å². The highest BCUT2D eigenvalue weighted by atomic mass is 16.3. The van der Waals surface area contributed by atoms with Crippen LogP contribution in [-0.4, -0.2) is 4.57 Å². The van der Waals surface area contributed by atoms with Gasteiger partial charge >= 0.3 is 0 Å². The van der Waals surface area contributed by atoms with Crippen LogP contribution in [0.25, 0.3) is 105 Å². The summed E-state index contributed by atoms with van der Waals surface area (Å²) in [5.74, 6) is 0. The Hall–Kier alpha value is -9.96. The van der Waals surface area contributed by atoms with Crippen LogP contribution in [0.1, 0.15) is 22.3 Å². The van der Waals surface area contributed by atoms with Crippen LogP contribution < -0.4 is 4.90 Å². The number of hydrogen-bond acceptors (Lipinski definition) is 2. The van der Waals surface area contributed by atoms with Crippen molar-refractivity contribution < 1.29 is 4.42 Å². The minimum Gasteiger partial charge on any atom is -0.455 e. The van der Waals surface area contributed by atoms with Crippen molar-refractivity contribution in [3.05, 3.63) is 301 Å². The maximum Gasteiger partial charge on any atom is 0.143 e. The summed E-state index contributed by atoms with van der Waals surface area (Å²) in [7, 11) is 0. The van der Waals surface area contributed by atoms with Gasteiger partial charge in [0.25, 0.3) is 0 Å². The van der Waals surface area contributed by atoms with Crippen molar-refractivity contribution in [2.75, 3.05) is 4.90 Å². The maximum absolute atomic E-state index is 6.60. The lowest BCUT2D eigenvalue weighted by Gasteiger charge is -2.32. The summed E-state index contributed by atoms with van der Waals surface area (Å²) in [4.78, 5) is 2.48. The maximum atomic E-state index is 6.60. The molecule has 3 heteroatoms. The van der Waals surface area contributed by atoms with Crippen LogP contribution in [0.5, 0.6) is 0 Å². The molecule has 0 amide bonds. The molecule has 16 rings (SSSR count). The van der Waals surface area contributed by atoms with Crippen LogP contribution in [0.4, 0.5) is 17.1 Å². The van der Waals surface area contributed by atoms with Gasteiger partial charge in [0.15, 0.2) is 0 Å². The molecule has 1 spiro atoms. The molecule has 2 aliphatic carbocycles. The highest BCUT2D eigenvalue weighted by molar-refractivity contribution is 6.16. The Kier molecular flexibility index (Phi) is 9.25. The molecule has 0 fully saturated rings. The van der Waals surface area contributed by atoms with E-state index in [9.17, 15) is 0 Å². The first kappa shape index (κ1) is 42.5. The summed E-state index contributed by atoms with van der Waals surface area (Å²) in [5.41, 5.74) is 25.5. The number of para-hydroxylation sites is 3.